The van der Waals surface area contributed by atoms with Crippen molar-refractivity contribution >= 4 is 5.91 Å². The lowest BCUT2D eigenvalue weighted by Gasteiger charge is -2.32. The lowest BCUT2D eigenvalue weighted by Crippen LogP contribution is -2.45. The van der Waals surface area contributed by atoms with Crippen molar-refractivity contribution in [2.24, 2.45) is 11.7 Å². The standard InChI is InChI=1S/C14H21F3N2O/c15-14(16,17)10-6-8-19(9-7-10)13(20)11-4-2-1-3-5-12(11)18/h6,11-12H,1-5,7-9,18H2. The second kappa shape index (κ2) is 6.16. The van der Waals surface area contributed by atoms with Crippen molar-refractivity contribution in [2.75, 3.05) is 13.1 Å². The third-order valence-electron chi connectivity index (χ3n) is 4.27. The molecule has 2 rings (SSSR count). The van der Waals surface area contributed by atoms with Gasteiger partial charge in [0.15, 0.2) is 0 Å². The summed E-state index contributed by atoms with van der Waals surface area (Å²) in [6.45, 7) is 0.199. The van der Waals surface area contributed by atoms with Crippen molar-refractivity contribution in [1.82, 2.24) is 4.90 Å². The molecule has 0 aromatic rings. The molecule has 1 saturated carbocycles. The van der Waals surface area contributed by atoms with Gasteiger partial charge in [-0.25, -0.2) is 0 Å². The second-order valence-corrected chi connectivity index (χ2v) is 5.67. The Kier molecular flexibility index (Phi) is 4.73. The van der Waals surface area contributed by atoms with Crippen LogP contribution in [0.1, 0.15) is 38.5 Å². The van der Waals surface area contributed by atoms with E-state index < -0.39 is 11.7 Å². The second-order valence-electron chi connectivity index (χ2n) is 5.67. The summed E-state index contributed by atoms with van der Waals surface area (Å²) in [5.41, 5.74) is 5.52. The summed E-state index contributed by atoms with van der Waals surface area (Å²) in [6.07, 6.45) is 1.41. The van der Waals surface area contributed by atoms with Crippen LogP contribution in [0.15, 0.2) is 11.6 Å². The first kappa shape index (κ1) is 15.4. The smallest absolute Gasteiger partial charge is 0.338 e. The Morgan fingerprint density at radius 1 is 1.25 bits per heavy atom. The topological polar surface area (TPSA) is 46.3 Å². The lowest BCUT2D eigenvalue weighted by atomic mass is 9.93. The first-order valence-corrected chi connectivity index (χ1v) is 7.20. The zero-order valence-corrected chi connectivity index (χ0v) is 11.5. The average molecular weight is 290 g/mol. The van der Waals surface area contributed by atoms with Crippen LogP contribution in [0.3, 0.4) is 0 Å². The van der Waals surface area contributed by atoms with Gasteiger partial charge in [-0.05, 0) is 19.3 Å². The molecule has 2 atom stereocenters. The lowest BCUT2D eigenvalue weighted by molar-refractivity contribution is -0.137. The van der Waals surface area contributed by atoms with Gasteiger partial charge in [0.05, 0.1) is 5.92 Å². The minimum Gasteiger partial charge on any atom is -0.338 e. The highest BCUT2D eigenvalue weighted by Gasteiger charge is 2.37. The number of hydrogen-bond acceptors (Lipinski definition) is 2. The Hall–Kier alpha value is -1.04. The minimum absolute atomic E-state index is 0.0525. The van der Waals surface area contributed by atoms with Crippen molar-refractivity contribution in [3.05, 3.63) is 11.6 Å². The Morgan fingerprint density at radius 3 is 2.55 bits per heavy atom. The number of alkyl halides is 3. The molecule has 0 aromatic carbocycles. The number of rotatable bonds is 1. The molecule has 0 spiro atoms. The van der Waals surface area contributed by atoms with Crippen molar-refractivity contribution < 1.29 is 18.0 Å². The molecule has 0 bridgehead atoms. The predicted molar refractivity (Wildman–Crippen MR) is 69.9 cm³/mol. The molecule has 0 aromatic heterocycles. The Morgan fingerprint density at radius 2 is 1.95 bits per heavy atom. The van der Waals surface area contributed by atoms with E-state index >= 15 is 0 Å². The average Bonchev–Trinajstić information content (AvgIpc) is 2.62. The van der Waals surface area contributed by atoms with E-state index in [0.29, 0.717) is 0 Å². The van der Waals surface area contributed by atoms with Crippen LogP contribution in [-0.4, -0.2) is 36.1 Å². The van der Waals surface area contributed by atoms with Gasteiger partial charge in [-0.1, -0.05) is 25.3 Å². The fourth-order valence-corrected chi connectivity index (χ4v) is 3.00. The van der Waals surface area contributed by atoms with Crippen LogP contribution in [0, 0.1) is 5.92 Å². The number of amides is 1. The fourth-order valence-electron chi connectivity index (χ4n) is 3.00. The number of hydrogen-bond donors (Lipinski definition) is 1. The zero-order valence-electron chi connectivity index (χ0n) is 11.5. The van der Waals surface area contributed by atoms with Crippen LogP contribution < -0.4 is 5.73 Å². The molecule has 1 fully saturated rings. The van der Waals surface area contributed by atoms with Crippen LogP contribution in [0.5, 0.6) is 0 Å². The summed E-state index contributed by atoms with van der Waals surface area (Å²) in [6, 6.07) is -0.155. The molecule has 2 unspecified atom stereocenters. The molecule has 20 heavy (non-hydrogen) atoms. The van der Waals surface area contributed by atoms with E-state index in [1.54, 1.807) is 0 Å². The maximum Gasteiger partial charge on any atom is 0.412 e. The quantitative estimate of drug-likeness (QED) is 0.596. The molecule has 114 valence electrons. The number of halogens is 3. The molecule has 1 aliphatic heterocycles. The normalized spacial score (nSPS) is 28.8. The first-order chi connectivity index (χ1) is 9.39. The molecule has 0 saturated heterocycles. The Labute approximate surface area is 117 Å². The molecule has 2 aliphatic rings. The van der Waals surface area contributed by atoms with E-state index in [1.807, 2.05) is 0 Å². The number of carbonyl (C=O) groups is 1. The van der Waals surface area contributed by atoms with Crippen LogP contribution >= 0.6 is 0 Å². The molecule has 1 aliphatic carbocycles. The summed E-state index contributed by atoms with van der Waals surface area (Å²) in [5, 5.41) is 0. The minimum atomic E-state index is -4.27. The van der Waals surface area contributed by atoms with Crippen molar-refractivity contribution in [2.45, 2.75) is 50.7 Å². The molecule has 0 radical (unpaired) electrons. The molecule has 3 nitrogen and oxygen atoms in total. The number of nitrogens with zero attached hydrogens (tertiary/aromatic N) is 1. The van der Waals surface area contributed by atoms with Gasteiger partial charge in [0.25, 0.3) is 0 Å². The number of nitrogens with two attached hydrogens (primary N) is 1. The summed E-state index contributed by atoms with van der Waals surface area (Å²) in [5.74, 6) is -0.296. The summed E-state index contributed by atoms with van der Waals surface area (Å²) in [7, 11) is 0. The van der Waals surface area contributed by atoms with Crippen LogP contribution in [0.4, 0.5) is 13.2 Å². The molecule has 6 heteroatoms. The molecular weight excluding hydrogens is 269 g/mol. The van der Waals surface area contributed by atoms with Crippen molar-refractivity contribution in [3.63, 3.8) is 0 Å². The van der Waals surface area contributed by atoms with Crippen molar-refractivity contribution in [3.8, 4) is 0 Å². The van der Waals surface area contributed by atoms with Crippen LogP contribution in [-0.2, 0) is 4.79 Å². The maximum atomic E-state index is 12.5. The van der Waals surface area contributed by atoms with Crippen LogP contribution in [0.2, 0.25) is 0 Å². The molecule has 2 N–H and O–H groups in total. The largest absolute Gasteiger partial charge is 0.412 e. The Balaban J connectivity index is 1.99. The van der Waals surface area contributed by atoms with E-state index in [2.05, 4.69) is 0 Å². The van der Waals surface area contributed by atoms with Gasteiger partial charge < -0.3 is 10.6 Å². The van der Waals surface area contributed by atoms with Gasteiger partial charge in [0.2, 0.25) is 5.91 Å². The van der Waals surface area contributed by atoms with E-state index in [1.165, 1.54) is 4.90 Å². The fraction of sp³-hybridized carbons (Fsp3) is 0.786. The predicted octanol–water partition coefficient (Wildman–Crippen LogP) is 2.62. The van der Waals surface area contributed by atoms with Gasteiger partial charge in [-0.2, -0.15) is 13.2 Å². The van der Waals surface area contributed by atoms with E-state index in [4.69, 9.17) is 5.73 Å². The summed E-state index contributed by atoms with van der Waals surface area (Å²) < 4.78 is 37.6. The molecule has 1 amide bonds. The SMILES string of the molecule is NC1CCCCCC1C(=O)N1CC=C(C(F)(F)F)CC1. The third kappa shape index (κ3) is 3.53. The zero-order chi connectivity index (χ0) is 14.8. The summed E-state index contributed by atoms with van der Waals surface area (Å²) >= 11 is 0. The monoisotopic (exact) mass is 290 g/mol. The van der Waals surface area contributed by atoms with E-state index in [0.717, 1.165) is 38.2 Å². The van der Waals surface area contributed by atoms with Gasteiger partial charge in [-0.3, -0.25) is 4.79 Å². The van der Waals surface area contributed by atoms with E-state index in [9.17, 15) is 18.0 Å². The van der Waals surface area contributed by atoms with E-state index in [-0.39, 0.29) is 37.4 Å². The highest BCUT2D eigenvalue weighted by Crippen LogP contribution is 2.31. The third-order valence-corrected chi connectivity index (χ3v) is 4.27. The summed E-state index contributed by atoms with van der Waals surface area (Å²) in [4.78, 5) is 13.9. The van der Waals surface area contributed by atoms with Gasteiger partial charge in [-0.15, -0.1) is 0 Å². The molecule has 1 heterocycles. The first-order valence-electron chi connectivity index (χ1n) is 7.20. The highest BCUT2D eigenvalue weighted by molar-refractivity contribution is 5.80. The maximum absolute atomic E-state index is 12.5. The van der Waals surface area contributed by atoms with Gasteiger partial charge in [0, 0.05) is 24.7 Å². The Bertz CT molecular complexity index is 392. The highest BCUT2D eigenvalue weighted by atomic mass is 19.4. The molecular formula is C14H21F3N2O. The van der Waals surface area contributed by atoms with Gasteiger partial charge in [0.1, 0.15) is 0 Å². The van der Waals surface area contributed by atoms with Crippen molar-refractivity contribution in [1.29, 1.82) is 0 Å². The van der Waals surface area contributed by atoms with Gasteiger partial charge >= 0.3 is 6.18 Å². The number of carbonyl (C=O) groups excluding carboxylic acids is 1. The van der Waals surface area contributed by atoms with Crippen LogP contribution in [0.25, 0.3) is 0 Å².